The number of ether oxygens (including phenoxy) is 1. The second-order valence-electron chi connectivity index (χ2n) is 6.68. The second-order valence-corrected chi connectivity index (χ2v) is 6.68. The number of esters is 1. The summed E-state index contributed by atoms with van der Waals surface area (Å²) in [7, 11) is 0. The van der Waals surface area contributed by atoms with Crippen molar-refractivity contribution in [1.29, 1.82) is 0 Å². The number of carbonyl (C=O) groups is 1. The van der Waals surface area contributed by atoms with E-state index in [0.717, 1.165) is 22.4 Å². The van der Waals surface area contributed by atoms with Crippen molar-refractivity contribution in [3.63, 3.8) is 0 Å². The lowest BCUT2D eigenvalue weighted by atomic mass is 10.0. The van der Waals surface area contributed by atoms with Crippen LogP contribution in [0.25, 0.3) is 0 Å². The summed E-state index contributed by atoms with van der Waals surface area (Å²) >= 11 is 0. The van der Waals surface area contributed by atoms with Crippen molar-refractivity contribution in [2.24, 2.45) is 0 Å². The molecular formula is C21H19N3O2. The molecule has 0 saturated carbocycles. The Hall–Kier alpha value is -3.21. The third-order valence-corrected chi connectivity index (χ3v) is 4.46. The SMILES string of the molecule is Cc1cc(C)c(N2c3ncc(C)cc3OC(=O)c3cccnc32)c(C)c1. The van der Waals surface area contributed by atoms with Crippen molar-refractivity contribution in [3.8, 4) is 5.75 Å². The smallest absolute Gasteiger partial charge is 0.347 e. The quantitative estimate of drug-likeness (QED) is 0.598. The number of fused-ring (bicyclic) bond motifs is 2. The van der Waals surface area contributed by atoms with E-state index in [1.54, 1.807) is 24.5 Å². The number of nitrogens with zero attached hydrogens (tertiary/aromatic N) is 3. The molecule has 0 N–H and O–H groups in total. The Balaban J connectivity index is 2.08. The van der Waals surface area contributed by atoms with E-state index < -0.39 is 5.97 Å². The monoisotopic (exact) mass is 345 g/mol. The van der Waals surface area contributed by atoms with Gasteiger partial charge in [-0.15, -0.1) is 0 Å². The molecule has 1 aliphatic rings. The van der Waals surface area contributed by atoms with Crippen molar-refractivity contribution in [1.82, 2.24) is 9.97 Å². The molecule has 2 aromatic heterocycles. The van der Waals surface area contributed by atoms with Crippen LogP contribution in [0, 0.1) is 27.7 Å². The predicted octanol–water partition coefficient (Wildman–Crippen LogP) is 4.71. The van der Waals surface area contributed by atoms with E-state index in [0.29, 0.717) is 22.9 Å². The Morgan fingerprint density at radius 1 is 0.923 bits per heavy atom. The molecule has 0 aliphatic carbocycles. The van der Waals surface area contributed by atoms with Crippen LogP contribution in [0.15, 0.2) is 42.7 Å². The van der Waals surface area contributed by atoms with Crippen LogP contribution < -0.4 is 9.64 Å². The number of anilines is 3. The third kappa shape index (κ3) is 2.52. The number of aryl methyl sites for hydroxylation is 4. The molecule has 4 rings (SSSR count). The minimum Gasteiger partial charge on any atom is -0.419 e. The van der Waals surface area contributed by atoms with Crippen molar-refractivity contribution < 1.29 is 9.53 Å². The molecule has 0 amide bonds. The number of benzene rings is 1. The highest BCUT2D eigenvalue weighted by atomic mass is 16.5. The zero-order valence-corrected chi connectivity index (χ0v) is 15.2. The second kappa shape index (κ2) is 5.95. The molecule has 3 heterocycles. The number of carbonyl (C=O) groups excluding carboxylic acids is 1. The molecule has 0 radical (unpaired) electrons. The standard InChI is InChI=1S/C21H19N3O2/c1-12-8-14(3)18(15(4)9-12)24-19-16(6-5-7-22-19)21(25)26-17-10-13(2)11-23-20(17)24/h5-11H,1-4H3. The maximum atomic E-state index is 12.7. The summed E-state index contributed by atoms with van der Waals surface area (Å²) in [5.74, 6) is 1.11. The number of aromatic nitrogens is 2. The first-order chi connectivity index (χ1) is 12.5. The summed E-state index contributed by atoms with van der Waals surface area (Å²) in [6, 6.07) is 9.54. The molecule has 26 heavy (non-hydrogen) atoms. The van der Waals surface area contributed by atoms with Crippen LogP contribution in [-0.4, -0.2) is 15.9 Å². The van der Waals surface area contributed by atoms with Gasteiger partial charge in [0.2, 0.25) is 0 Å². The molecule has 0 spiro atoms. The van der Waals surface area contributed by atoms with Crippen molar-refractivity contribution in [3.05, 3.63) is 70.5 Å². The summed E-state index contributed by atoms with van der Waals surface area (Å²) in [6.07, 6.45) is 3.45. The number of hydrogen-bond donors (Lipinski definition) is 0. The molecule has 1 aromatic carbocycles. The van der Waals surface area contributed by atoms with E-state index in [9.17, 15) is 4.79 Å². The highest BCUT2D eigenvalue weighted by molar-refractivity contribution is 6.01. The summed E-state index contributed by atoms with van der Waals surface area (Å²) in [5.41, 5.74) is 5.66. The number of pyridine rings is 2. The lowest BCUT2D eigenvalue weighted by Gasteiger charge is -2.27. The Kier molecular flexibility index (Phi) is 3.72. The molecular weight excluding hydrogens is 326 g/mol. The average Bonchev–Trinajstić information content (AvgIpc) is 2.69. The van der Waals surface area contributed by atoms with Gasteiger partial charge < -0.3 is 4.74 Å². The predicted molar refractivity (Wildman–Crippen MR) is 101 cm³/mol. The van der Waals surface area contributed by atoms with Gasteiger partial charge in [0.1, 0.15) is 5.56 Å². The van der Waals surface area contributed by atoms with Gasteiger partial charge in [-0.2, -0.15) is 0 Å². The summed E-state index contributed by atoms with van der Waals surface area (Å²) < 4.78 is 5.64. The van der Waals surface area contributed by atoms with Gasteiger partial charge >= 0.3 is 5.97 Å². The normalized spacial score (nSPS) is 12.9. The summed E-state index contributed by atoms with van der Waals surface area (Å²) in [5, 5.41) is 0. The minimum atomic E-state index is -0.424. The van der Waals surface area contributed by atoms with E-state index in [1.807, 2.05) is 17.9 Å². The zero-order chi connectivity index (χ0) is 18.4. The number of hydrogen-bond acceptors (Lipinski definition) is 5. The maximum Gasteiger partial charge on any atom is 0.347 e. The summed E-state index contributed by atoms with van der Waals surface area (Å²) in [6.45, 7) is 8.10. The van der Waals surface area contributed by atoms with Crippen molar-refractivity contribution >= 4 is 23.3 Å². The first kappa shape index (κ1) is 16.3. The van der Waals surface area contributed by atoms with Crippen LogP contribution in [0.1, 0.15) is 32.6 Å². The van der Waals surface area contributed by atoms with Crippen LogP contribution in [0.5, 0.6) is 5.75 Å². The molecule has 0 atom stereocenters. The molecule has 0 unspecified atom stereocenters. The van der Waals surface area contributed by atoms with E-state index in [1.165, 1.54) is 5.56 Å². The molecule has 130 valence electrons. The highest BCUT2D eigenvalue weighted by Gasteiger charge is 2.31. The highest BCUT2D eigenvalue weighted by Crippen LogP contribution is 2.44. The summed E-state index contributed by atoms with van der Waals surface area (Å²) in [4.78, 5) is 23.7. The minimum absolute atomic E-state index is 0.419. The third-order valence-electron chi connectivity index (χ3n) is 4.46. The molecule has 5 nitrogen and oxygen atoms in total. The maximum absolute atomic E-state index is 12.7. The van der Waals surface area contributed by atoms with Crippen molar-refractivity contribution in [2.45, 2.75) is 27.7 Å². The Bertz CT molecular complexity index is 1020. The average molecular weight is 345 g/mol. The Labute approximate surface area is 152 Å². The van der Waals surface area contributed by atoms with Gasteiger partial charge in [0.25, 0.3) is 0 Å². The van der Waals surface area contributed by atoms with Crippen molar-refractivity contribution in [2.75, 3.05) is 4.90 Å². The molecule has 5 heteroatoms. The Morgan fingerprint density at radius 3 is 2.38 bits per heavy atom. The van der Waals surface area contributed by atoms with E-state index in [2.05, 4.69) is 42.9 Å². The van der Waals surface area contributed by atoms with Gasteiger partial charge in [-0.3, -0.25) is 4.90 Å². The number of rotatable bonds is 1. The first-order valence-electron chi connectivity index (χ1n) is 8.47. The molecule has 1 aliphatic heterocycles. The molecule has 0 fully saturated rings. The fraction of sp³-hybridized carbons (Fsp3) is 0.190. The lowest BCUT2D eigenvalue weighted by Crippen LogP contribution is -2.17. The van der Waals surface area contributed by atoms with Gasteiger partial charge in [0.15, 0.2) is 17.4 Å². The van der Waals surface area contributed by atoms with Gasteiger partial charge in [0.05, 0.1) is 5.69 Å². The van der Waals surface area contributed by atoms with Gasteiger partial charge in [0, 0.05) is 12.4 Å². The topological polar surface area (TPSA) is 55.3 Å². The van der Waals surface area contributed by atoms with Gasteiger partial charge in [-0.25, -0.2) is 14.8 Å². The molecule has 0 saturated heterocycles. The van der Waals surface area contributed by atoms with Crippen LogP contribution >= 0.6 is 0 Å². The van der Waals surface area contributed by atoms with E-state index in [4.69, 9.17) is 4.74 Å². The van der Waals surface area contributed by atoms with Gasteiger partial charge in [-0.05, 0) is 62.6 Å². The van der Waals surface area contributed by atoms with E-state index >= 15 is 0 Å². The largest absolute Gasteiger partial charge is 0.419 e. The van der Waals surface area contributed by atoms with Crippen LogP contribution in [0.2, 0.25) is 0 Å². The van der Waals surface area contributed by atoms with Crippen LogP contribution in [0.3, 0.4) is 0 Å². The van der Waals surface area contributed by atoms with Crippen LogP contribution in [-0.2, 0) is 0 Å². The fourth-order valence-corrected chi connectivity index (χ4v) is 3.50. The first-order valence-corrected chi connectivity index (χ1v) is 8.47. The zero-order valence-electron chi connectivity index (χ0n) is 15.2. The van der Waals surface area contributed by atoms with Crippen LogP contribution in [0.4, 0.5) is 17.3 Å². The lowest BCUT2D eigenvalue weighted by molar-refractivity contribution is 0.0738. The Morgan fingerprint density at radius 2 is 1.65 bits per heavy atom. The fourth-order valence-electron chi connectivity index (χ4n) is 3.50. The molecule has 0 bridgehead atoms. The van der Waals surface area contributed by atoms with Gasteiger partial charge in [-0.1, -0.05) is 17.7 Å². The molecule has 3 aromatic rings. The van der Waals surface area contributed by atoms with E-state index in [-0.39, 0.29) is 0 Å².